The molecule has 158 valence electrons. The number of carbonyl (C=O) groups is 3. The maximum Gasteiger partial charge on any atom is 0.344 e. The highest BCUT2D eigenvalue weighted by Gasteiger charge is 2.14. The van der Waals surface area contributed by atoms with Crippen molar-refractivity contribution in [2.75, 3.05) is 5.32 Å². The number of benzene rings is 3. The fourth-order valence-electron chi connectivity index (χ4n) is 2.82. The Morgan fingerprint density at radius 2 is 1.56 bits per heavy atom. The summed E-state index contributed by atoms with van der Waals surface area (Å²) in [7, 11) is 0. The van der Waals surface area contributed by atoms with Crippen LogP contribution in [0.5, 0.6) is 5.75 Å². The number of ether oxygens (including phenoxy) is 1. The van der Waals surface area contributed by atoms with Gasteiger partial charge in [-0.1, -0.05) is 36.4 Å². The van der Waals surface area contributed by atoms with Gasteiger partial charge in [0.05, 0.1) is 11.3 Å². The van der Waals surface area contributed by atoms with Gasteiger partial charge in [-0.3, -0.25) is 9.59 Å². The fraction of sp³-hybridized carbons (Fsp3) is 0.0400. The molecule has 0 saturated heterocycles. The summed E-state index contributed by atoms with van der Waals surface area (Å²) in [5, 5.41) is 12.0. The van der Waals surface area contributed by atoms with Crippen LogP contribution >= 0.6 is 15.9 Å². The number of Topliss-reactive ketones (excluding diaryl/α,β-unsaturated/α-hetero) is 1. The maximum atomic E-state index is 12.5. The molecule has 0 spiro atoms. The van der Waals surface area contributed by atoms with Gasteiger partial charge in [-0.05, 0) is 70.9 Å². The molecule has 3 aromatic rings. The van der Waals surface area contributed by atoms with E-state index in [1.807, 2.05) is 6.07 Å². The summed E-state index contributed by atoms with van der Waals surface area (Å²) in [5.74, 6) is -1.02. The molecule has 0 aliphatic heterocycles. The van der Waals surface area contributed by atoms with E-state index < -0.39 is 11.9 Å². The van der Waals surface area contributed by atoms with Gasteiger partial charge in [0, 0.05) is 10.0 Å². The summed E-state index contributed by atoms with van der Waals surface area (Å²) in [6, 6.07) is 21.7. The maximum absolute atomic E-state index is 12.5. The number of hydrogen-bond donors (Lipinski definition) is 1. The second-order valence-electron chi connectivity index (χ2n) is 6.66. The Morgan fingerprint density at radius 3 is 2.19 bits per heavy atom. The standard InChI is InChI=1S/C25H17BrN2O4/c1-16(29)20-6-3-5-9-23(20)28-24(30)18(15-27)14-17-10-12-19(13-11-17)32-25(31)21-7-2-4-8-22(21)26/h2-14H,1H3,(H,28,30)/b18-14-. The molecule has 3 rings (SSSR count). The number of nitrogens with one attached hydrogen (secondary N) is 1. The quantitative estimate of drug-likeness (QED) is 0.164. The third-order valence-corrected chi connectivity index (χ3v) is 5.11. The number of ketones is 1. The molecule has 0 radical (unpaired) electrons. The Bertz CT molecular complexity index is 1260. The van der Waals surface area contributed by atoms with Crippen molar-refractivity contribution >= 4 is 45.4 Å². The number of carbonyl (C=O) groups excluding carboxylic acids is 3. The largest absolute Gasteiger partial charge is 0.423 e. The highest BCUT2D eigenvalue weighted by atomic mass is 79.9. The van der Waals surface area contributed by atoms with E-state index in [-0.39, 0.29) is 11.4 Å². The van der Waals surface area contributed by atoms with Crippen molar-refractivity contribution in [1.82, 2.24) is 0 Å². The zero-order chi connectivity index (χ0) is 23.1. The minimum absolute atomic E-state index is 0.138. The van der Waals surface area contributed by atoms with Crippen molar-refractivity contribution < 1.29 is 19.1 Å². The van der Waals surface area contributed by atoms with Gasteiger partial charge in [0.15, 0.2) is 5.78 Å². The van der Waals surface area contributed by atoms with Crippen LogP contribution in [0.15, 0.2) is 82.8 Å². The van der Waals surface area contributed by atoms with Crippen LogP contribution < -0.4 is 10.1 Å². The molecule has 32 heavy (non-hydrogen) atoms. The molecule has 3 aromatic carbocycles. The number of amides is 1. The SMILES string of the molecule is CC(=O)c1ccccc1NC(=O)/C(C#N)=C\c1ccc(OC(=O)c2ccccc2Br)cc1. The summed E-state index contributed by atoms with van der Waals surface area (Å²) in [4.78, 5) is 36.6. The molecule has 0 bridgehead atoms. The van der Waals surface area contributed by atoms with E-state index >= 15 is 0 Å². The van der Waals surface area contributed by atoms with Crippen molar-refractivity contribution in [2.45, 2.75) is 6.92 Å². The number of nitriles is 1. The summed E-state index contributed by atoms with van der Waals surface area (Å²) in [5.41, 5.74) is 1.51. The number of hydrogen-bond acceptors (Lipinski definition) is 5. The van der Waals surface area contributed by atoms with Crippen molar-refractivity contribution in [3.05, 3.63) is 99.5 Å². The molecule has 0 atom stereocenters. The Labute approximate surface area is 193 Å². The summed E-state index contributed by atoms with van der Waals surface area (Å²) >= 11 is 3.31. The Kier molecular flexibility index (Phi) is 7.32. The van der Waals surface area contributed by atoms with Gasteiger partial charge in [-0.15, -0.1) is 0 Å². The van der Waals surface area contributed by atoms with Gasteiger partial charge in [0.1, 0.15) is 17.4 Å². The Hall–Kier alpha value is -4.02. The van der Waals surface area contributed by atoms with Gasteiger partial charge in [-0.2, -0.15) is 5.26 Å². The lowest BCUT2D eigenvalue weighted by atomic mass is 10.1. The van der Waals surface area contributed by atoms with Crippen LogP contribution in [-0.4, -0.2) is 17.7 Å². The molecular weight excluding hydrogens is 472 g/mol. The molecule has 1 amide bonds. The first-order valence-corrected chi connectivity index (χ1v) is 10.3. The normalized spacial score (nSPS) is 10.7. The number of anilines is 1. The Balaban J connectivity index is 1.73. The first-order chi connectivity index (χ1) is 15.4. The van der Waals surface area contributed by atoms with Crippen LogP contribution in [0.4, 0.5) is 5.69 Å². The van der Waals surface area contributed by atoms with E-state index in [1.165, 1.54) is 13.0 Å². The molecule has 0 aliphatic carbocycles. The smallest absolute Gasteiger partial charge is 0.344 e. The van der Waals surface area contributed by atoms with Crippen molar-refractivity contribution in [3.63, 3.8) is 0 Å². The molecule has 6 nitrogen and oxygen atoms in total. The van der Waals surface area contributed by atoms with Crippen molar-refractivity contribution in [1.29, 1.82) is 5.26 Å². The molecule has 0 heterocycles. The number of halogens is 1. The number of para-hydroxylation sites is 1. The van der Waals surface area contributed by atoms with E-state index in [0.717, 1.165) is 0 Å². The van der Waals surface area contributed by atoms with E-state index in [9.17, 15) is 19.6 Å². The second kappa shape index (κ2) is 10.3. The van der Waals surface area contributed by atoms with Crippen LogP contribution in [0.25, 0.3) is 6.08 Å². The predicted molar refractivity (Wildman–Crippen MR) is 124 cm³/mol. The molecule has 0 aromatic heterocycles. The monoisotopic (exact) mass is 488 g/mol. The molecule has 0 aliphatic rings. The first kappa shape index (κ1) is 22.7. The van der Waals surface area contributed by atoms with Crippen molar-refractivity contribution in [2.24, 2.45) is 0 Å². The minimum atomic E-state index is -0.634. The average Bonchev–Trinajstić information content (AvgIpc) is 2.79. The van der Waals surface area contributed by atoms with E-state index in [2.05, 4.69) is 21.2 Å². The van der Waals surface area contributed by atoms with Crippen LogP contribution in [0.1, 0.15) is 33.2 Å². The van der Waals surface area contributed by atoms with Crippen LogP contribution in [0.2, 0.25) is 0 Å². The first-order valence-electron chi connectivity index (χ1n) is 9.49. The van der Waals surface area contributed by atoms with E-state index in [1.54, 1.807) is 72.8 Å². The van der Waals surface area contributed by atoms with Gasteiger partial charge < -0.3 is 10.1 Å². The fourth-order valence-corrected chi connectivity index (χ4v) is 3.27. The predicted octanol–water partition coefficient (Wildman–Crippen LogP) is 5.42. The summed E-state index contributed by atoms with van der Waals surface area (Å²) < 4.78 is 5.99. The molecular formula is C25H17BrN2O4. The highest BCUT2D eigenvalue weighted by Crippen LogP contribution is 2.21. The van der Waals surface area contributed by atoms with Crippen molar-refractivity contribution in [3.8, 4) is 11.8 Å². The van der Waals surface area contributed by atoms with Crippen LogP contribution in [0.3, 0.4) is 0 Å². The van der Waals surface area contributed by atoms with Crippen LogP contribution in [-0.2, 0) is 4.79 Å². The molecule has 1 N–H and O–H groups in total. The molecule has 0 unspecified atom stereocenters. The average molecular weight is 489 g/mol. The van der Waals surface area contributed by atoms with Gasteiger partial charge in [0.2, 0.25) is 0 Å². The van der Waals surface area contributed by atoms with E-state index in [0.29, 0.717) is 32.6 Å². The minimum Gasteiger partial charge on any atom is -0.423 e. The topological polar surface area (TPSA) is 96.3 Å². The van der Waals surface area contributed by atoms with E-state index in [4.69, 9.17) is 4.74 Å². The second-order valence-corrected chi connectivity index (χ2v) is 7.52. The molecule has 0 fully saturated rings. The van der Waals surface area contributed by atoms with Gasteiger partial charge in [-0.25, -0.2) is 4.79 Å². The number of esters is 1. The lowest BCUT2D eigenvalue weighted by molar-refractivity contribution is -0.112. The lowest BCUT2D eigenvalue weighted by Crippen LogP contribution is -2.15. The summed E-state index contributed by atoms with van der Waals surface area (Å²) in [6.07, 6.45) is 1.41. The summed E-state index contributed by atoms with van der Waals surface area (Å²) in [6.45, 7) is 1.40. The molecule has 0 saturated carbocycles. The van der Waals surface area contributed by atoms with Gasteiger partial charge >= 0.3 is 5.97 Å². The number of rotatable bonds is 6. The number of nitrogens with zero attached hydrogens (tertiary/aromatic N) is 1. The Morgan fingerprint density at radius 1 is 0.938 bits per heavy atom. The highest BCUT2D eigenvalue weighted by molar-refractivity contribution is 9.10. The zero-order valence-corrected chi connectivity index (χ0v) is 18.5. The van der Waals surface area contributed by atoms with Gasteiger partial charge in [0.25, 0.3) is 5.91 Å². The van der Waals surface area contributed by atoms with Crippen LogP contribution in [0, 0.1) is 11.3 Å². The zero-order valence-electron chi connectivity index (χ0n) is 17.0. The third-order valence-electron chi connectivity index (χ3n) is 4.42. The molecule has 7 heteroatoms. The lowest BCUT2D eigenvalue weighted by Gasteiger charge is -2.08. The third kappa shape index (κ3) is 5.56.